The Kier molecular flexibility index (Phi) is 6.40. The van der Waals surface area contributed by atoms with Crippen molar-refractivity contribution in [3.63, 3.8) is 0 Å². The first-order chi connectivity index (χ1) is 13.3. The molecular formula is C18H17ClN4O3S2. The van der Waals surface area contributed by atoms with Crippen LogP contribution in [-0.2, 0) is 16.4 Å². The molecule has 3 aromatic rings. The number of aryl methyl sites for hydroxylation is 1. The van der Waals surface area contributed by atoms with E-state index in [-0.39, 0.29) is 17.3 Å². The lowest BCUT2D eigenvalue weighted by atomic mass is 10.2. The minimum Gasteiger partial charge on any atom is -0.296 e. The number of aromatic nitrogens is 2. The molecule has 0 aliphatic carbocycles. The predicted octanol–water partition coefficient (Wildman–Crippen LogP) is 3.27. The van der Waals surface area contributed by atoms with Gasteiger partial charge in [-0.1, -0.05) is 46.7 Å². The second-order valence-corrected chi connectivity index (χ2v) is 9.19. The Morgan fingerprint density at radius 1 is 1.14 bits per heavy atom. The first-order valence-corrected chi connectivity index (χ1v) is 11.0. The SMILES string of the molecule is Cc1ccc(S(=O)(=O)NCCc2nnc(NC(=O)c3cccc(Cl)c3)s2)cc1. The Bertz CT molecular complexity index is 1080. The van der Waals surface area contributed by atoms with Gasteiger partial charge in [0.15, 0.2) is 0 Å². The van der Waals surface area contributed by atoms with Crippen LogP contribution < -0.4 is 10.0 Å². The number of amides is 1. The molecule has 0 aliphatic rings. The fraction of sp³-hybridized carbons (Fsp3) is 0.167. The fourth-order valence-electron chi connectivity index (χ4n) is 2.30. The molecule has 0 aliphatic heterocycles. The molecule has 0 atom stereocenters. The molecule has 10 heteroatoms. The Morgan fingerprint density at radius 2 is 1.89 bits per heavy atom. The molecule has 1 amide bonds. The minimum absolute atomic E-state index is 0.174. The van der Waals surface area contributed by atoms with E-state index in [1.54, 1.807) is 48.5 Å². The van der Waals surface area contributed by atoms with Gasteiger partial charge in [0, 0.05) is 23.6 Å². The van der Waals surface area contributed by atoms with E-state index in [9.17, 15) is 13.2 Å². The molecule has 0 unspecified atom stereocenters. The van der Waals surface area contributed by atoms with E-state index in [1.807, 2.05) is 6.92 Å². The van der Waals surface area contributed by atoms with Crippen LogP contribution in [0.3, 0.4) is 0 Å². The molecule has 146 valence electrons. The van der Waals surface area contributed by atoms with Crippen LogP contribution in [0.4, 0.5) is 5.13 Å². The van der Waals surface area contributed by atoms with E-state index in [2.05, 4.69) is 20.2 Å². The summed E-state index contributed by atoms with van der Waals surface area (Å²) in [5, 5.41) is 11.9. The van der Waals surface area contributed by atoms with Crippen molar-refractivity contribution in [3.05, 3.63) is 69.7 Å². The first-order valence-electron chi connectivity index (χ1n) is 8.29. The van der Waals surface area contributed by atoms with E-state index >= 15 is 0 Å². The number of carbonyl (C=O) groups is 1. The summed E-state index contributed by atoms with van der Waals surface area (Å²) in [6, 6.07) is 13.2. The Morgan fingerprint density at radius 3 is 2.61 bits per heavy atom. The normalized spacial score (nSPS) is 11.4. The third-order valence-electron chi connectivity index (χ3n) is 3.74. The maximum Gasteiger partial charge on any atom is 0.257 e. The van der Waals surface area contributed by atoms with Crippen molar-refractivity contribution in [1.82, 2.24) is 14.9 Å². The number of nitrogens with zero attached hydrogens (tertiary/aromatic N) is 2. The predicted molar refractivity (Wildman–Crippen MR) is 109 cm³/mol. The van der Waals surface area contributed by atoms with Gasteiger partial charge >= 0.3 is 0 Å². The van der Waals surface area contributed by atoms with Crippen molar-refractivity contribution in [2.45, 2.75) is 18.2 Å². The largest absolute Gasteiger partial charge is 0.296 e. The maximum absolute atomic E-state index is 12.3. The Balaban J connectivity index is 1.55. The van der Waals surface area contributed by atoms with E-state index in [1.165, 1.54) is 11.3 Å². The van der Waals surface area contributed by atoms with Crippen LogP contribution in [0.1, 0.15) is 20.9 Å². The van der Waals surface area contributed by atoms with Gasteiger partial charge in [-0.2, -0.15) is 0 Å². The molecule has 0 fully saturated rings. The summed E-state index contributed by atoms with van der Waals surface area (Å²) in [5.74, 6) is -0.342. The lowest BCUT2D eigenvalue weighted by molar-refractivity contribution is 0.102. The molecule has 1 heterocycles. The van der Waals surface area contributed by atoms with Crippen LogP contribution in [0, 0.1) is 6.92 Å². The summed E-state index contributed by atoms with van der Waals surface area (Å²) in [4.78, 5) is 12.4. The van der Waals surface area contributed by atoms with Crippen molar-refractivity contribution in [2.75, 3.05) is 11.9 Å². The van der Waals surface area contributed by atoms with Crippen LogP contribution in [0.15, 0.2) is 53.4 Å². The highest BCUT2D eigenvalue weighted by Crippen LogP contribution is 2.18. The first kappa shape index (κ1) is 20.4. The summed E-state index contributed by atoms with van der Waals surface area (Å²) < 4.78 is 27.0. The standard InChI is InChI=1S/C18H17ClN4O3S2/c1-12-5-7-15(8-6-12)28(25,26)20-10-9-16-22-23-18(27-16)21-17(24)13-3-2-4-14(19)11-13/h2-8,11,20H,9-10H2,1H3,(H,21,23,24). The molecule has 1 aromatic heterocycles. The van der Waals surface area contributed by atoms with Crippen LogP contribution in [0.2, 0.25) is 5.02 Å². The Hall–Kier alpha value is -2.33. The number of anilines is 1. The second kappa shape index (κ2) is 8.78. The zero-order valence-corrected chi connectivity index (χ0v) is 17.2. The van der Waals surface area contributed by atoms with Crippen molar-refractivity contribution in [1.29, 1.82) is 0 Å². The summed E-state index contributed by atoms with van der Waals surface area (Å²) in [6.07, 6.45) is 0.357. The van der Waals surface area contributed by atoms with E-state index < -0.39 is 10.0 Å². The smallest absolute Gasteiger partial charge is 0.257 e. The summed E-state index contributed by atoms with van der Waals surface area (Å²) in [7, 11) is -3.58. The van der Waals surface area contributed by atoms with Gasteiger partial charge in [0.25, 0.3) is 5.91 Å². The van der Waals surface area contributed by atoms with E-state index in [0.717, 1.165) is 5.56 Å². The van der Waals surface area contributed by atoms with Crippen LogP contribution >= 0.6 is 22.9 Å². The van der Waals surface area contributed by atoms with Gasteiger partial charge in [0.2, 0.25) is 15.2 Å². The molecule has 0 radical (unpaired) electrons. The minimum atomic E-state index is -3.58. The maximum atomic E-state index is 12.3. The molecule has 0 spiro atoms. The van der Waals surface area contributed by atoms with Crippen LogP contribution in [-0.4, -0.2) is 31.1 Å². The number of sulfonamides is 1. The van der Waals surface area contributed by atoms with Gasteiger partial charge in [-0.05, 0) is 37.3 Å². The number of halogens is 1. The Labute approximate surface area is 171 Å². The van der Waals surface area contributed by atoms with Gasteiger partial charge in [0.1, 0.15) is 5.01 Å². The van der Waals surface area contributed by atoms with Gasteiger partial charge in [-0.25, -0.2) is 13.1 Å². The van der Waals surface area contributed by atoms with Crippen molar-refractivity contribution < 1.29 is 13.2 Å². The van der Waals surface area contributed by atoms with Crippen LogP contribution in [0.25, 0.3) is 0 Å². The summed E-state index contributed by atoms with van der Waals surface area (Å²) in [6.45, 7) is 2.06. The number of carbonyl (C=O) groups excluding carboxylic acids is 1. The number of nitrogens with one attached hydrogen (secondary N) is 2. The molecule has 0 bridgehead atoms. The highest BCUT2D eigenvalue weighted by atomic mass is 35.5. The molecule has 0 saturated heterocycles. The summed E-state index contributed by atoms with van der Waals surface area (Å²) >= 11 is 7.07. The number of benzene rings is 2. The third kappa shape index (κ3) is 5.35. The molecule has 2 aromatic carbocycles. The molecule has 0 saturated carbocycles. The third-order valence-corrected chi connectivity index (χ3v) is 6.35. The molecular weight excluding hydrogens is 420 g/mol. The zero-order valence-electron chi connectivity index (χ0n) is 14.8. The highest BCUT2D eigenvalue weighted by Gasteiger charge is 2.14. The average Bonchev–Trinajstić information content (AvgIpc) is 3.09. The van der Waals surface area contributed by atoms with Crippen LogP contribution in [0.5, 0.6) is 0 Å². The van der Waals surface area contributed by atoms with Crippen molar-refractivity contribution in [3.8, 4) is 0 Å². The fourth-order valence-corrected chi connectivity index (χ4v) is 4.25. The molecule has 2 N–H and O–H groups in total. The lowest BCUT2D eigenvalue weighted by Crippen LogP contribution is -2.25. The van der Waals surface area contributed by atoms with E-state index in [4.69, 9.17) is 11.6 Å². The van der Waals surface area contributed by atoms with Gasteiger partial charge in [-0.3, -0.25) is 10.1 Å². The second-order valence-electron chi connectivity index (χ2n) is 5.93. The van der Waals surface area contributed by atoms with Gasteiger partial charge < -0.3 is 0 Å². The highest BCUT2D eigenvalue weighted by molar-refractivity contribution is 7.89. The quantitative estimate of drug-likeness (QED) is 0.591. The monoisotopic (exact) mass is 436 g/mol. The van der Waals surface area contributed by atoms with Crippen molar-refractivity contribution in [2.24, 2.45) is 0 Å². The van der Waals surface area contributed by atoms with Gasteiger partial charge in [0.05, 0.1) is 4.90 Å². The van der Waals surface area contributed by atoms with E-state index in [0.29, 0.717) is 27.1 Å². The molecule has 7 nitrogen and oxygen atoms in total. The van der Waals surface area contributed by atoms with Crippen molar-refractivity contribution >= 4 is 44.0 Å². The average molecular weight is 437 g/mol. The molecule has 28 heavy (non-hydrogen) atoms. The molecule has 3 rings (SSSR count). The summed E-state index contributed by atoms with van der Waals surface area (Å²) in [5.41, 5.74) is 1.40. The number of rotatable bonds is 7. The van der Waals surface area contributed by atoms with Gasteiger partial charge in [-0.15, -0.1) is 10.2 Å². The number of hydrogen-bond donors (Lipinski definition) is 2. The lowest BCUT2D eigenvalue weighted by Gasteiger charge is -2.05. The zero-order chi connectivity index (χ0) is 20.1. The number of hydrogen-bond acceptors (Lipinski definition) is 6. The topological polar surface area (TPSA) is 101 Å².